The van der Waals surface area contributed by atoms with Crippen molar-refractivity contribution >= 4 is 39.5 Å². The van der Waals surface area contributed by atoms with Gasteiger partial charge in [0.2, 0.25) is 0 Å². The number of aliphatic hydroxyl groups excluding tert-OH is 1. The fourth-order valence-electron chi connectivity index (χ4n) is 11.8. The predicted octanol–water partition coefficient (Wildman–Crippen LogP) is 22.9. The Morgan fingerprint density at radius 2 is 0.500 bits per heavy atom. The van der Waals surface area contributed by atoms with E-state index >= 15 is 0 Å². The molecule has 0 rings (SSSR count). The fourth-order valence-corrected chi connectivity index (χ4v) is 13.4. The van der Waals surface area contributed by atoms with Crippen molar-refractivity contribution in [1.82, 2.24) is 0 Å². The highest BCUT2D eigenvalue weighted by atomic mass is 31.2. The molecule has 0 heterocycles. The van der Waals surface area contributed by atoms with Gasteiger partial charge in [0.25, 0.3) is 0 Å². The van der Waals surface area contributed by atoms with Crippen LogP contribution < -0.4 is 0 Å². The van der Waals surface area contributed by atoms with Crippen molar-refractivity contribution in [3.05, 3.63) is 0 Å². The van der Waals surface area contributed by atoms with Gasteiger partial charge in [0.15, 0.2) is 12.2 Å². The molecule has 17 nitrogen and oxygen atoms in total. The molecule has 3 unspecified atom stereocenters. The maximum Gasteiger partial charge on any atom is 0.472 e. The molecule has 3 N–H and O–H groups in total. The normalized spacial score (nSPS) is 14.2. The van der Waals surface area contributed by atoms with Crippen molar-refractivity contribution in [2.45, 2.75) is 425 Å². The molecule has 0 radical (unpaired) electrons. The van der Waals surface area contributed by atoms with Crippen LogP contribution in [0, 0.1) is 5.92 Å². The van der Waals surface area contributed by atoms with Crippen molar-refractivity contribution in [3.8, 4) is 0 Å². The number of esters is 4. The molecule has 0 spiro atoms. The molecular weight excluding hydrogens is 1260 g/mol. The molecule has 0 aliphatic heterocycles. The van der Waals surface area contributed by atoms with Crippen molar-refractivity contribution in [2.24, 2.45) is 5.92 Å². The van der Waals surface area contributed by atoms with Gasteiger partial charge in [-0.05, 0) is 31.6 Å². The Labute approximate surface area is 588 Å². The van der Waals surface area contributed by atoms with E-state index in [2.05, 4.69) is 34.6 Å². The summed E-state index contributed by atoms with van der Waals surface area (Å²) in [6.07, 6.45) is 60.1. The Morgan fingerprint density at radius 1 is 0.292 bits per heavy atom. The topological polar surface area (TPSA) is 237 Å². The molecule has 0 saturated carbocycles. The van der Waals surface area contributed by atoms with E-state index in [-0.39, 0.29) is 25.7 Å². The molecular formula is C77H150O17P2. The third-order valence-electron chi connectivity index (χ3n) is 18.4. The summed E-state index contributed by atoms with van der Waals surface area (Å²) in [6.45, 7) is 7.23. The zero-order valence-corrected chi connectivity index (χ0v) is 64.3. The molecule has 6 atom stereocenters. The largest absolute Gasteiger partial charge is 0.472 e. The summed E-state index contributed by atoms with van der Waals surface area (Å²) < 4.78 is 68.3. The van der Waals surface area contributed by atoms with E-state index in [1.54, 1.807) is 0 Å². The minimum atomic E-state index is -4.96. The van der Waals surface area contributed by atoms with E-state index in [9.17, 15) is 43.2 Å². The minimum Gasteiger partial charge on any atom is -0.462 e. The second-order valence-electron chi connectivity index (χ2n) is 28.0. The van der Waals surface area contributed by atoms with Crippen LogP contribution in [0.25, 0.3) is 0 Å². The highest BCUT2D eigenvalue weighted by molar-refractivity contribution is 7.47. The summed E-state index contributed by atoms with van der Waals surface area (Å²) in [7, 11) is -9.90. The molecule has 0 fully saturated rings. The number of carbonyl (C=O) groups is 4. The number of phosphoric acid groups is 2. The number of unbranched alkanes of at least 4 members (excludes halogenated alkanes) is 48. The van der Waals surface area contributed by atoms with Crippen LogP contribution in [0.15, 0.2) is 0 Å². The minimum absolute atomic E-state index is 0.106. The summed E-state index contributed by atoms with van der Waals surface area (Å²) in [6, 6.07) is 0. The summed E-state index contributed by atoms with van der Waals surface area (Å²) in [4.78, 5) is 72.6. The van der Waals surface area contributed by atoms with E-state index in [0.717, 1.165) is 102 Å². The van der Waals surface area contributed by atoms with Gasteiger partial charge in [-0.3, -0.25) is 37.3 Å². The van der Waals surface area contributed by atoms with Gasteiger partial charge >= 0.3 is 39.5 Å². The Hall–Kier alpha value is -1.94. The Bertz CT molecular complexity index is 1840. The molecule has 19 heteroatoms. The van der Waals surface area contributed by atoms with E-state index < -0.39 is 97.5 Å². The second kappa shape index (κ2) is 70.1. The molecule has 0 aromatic heterocycles. The second-order valence-corrected chi connectivity index (χ2v) is 30.9. The molecule has 0 aromatic rings. The maximum atomic E-state index is 13.1. The van der Waals surface area contributed by atoms with Crippen LogP contribution in [0.5, 0.6) is 0 Å². The molecule has 570 valence electrons. The van der Waals surface area contributed by atoms with Gasteiger partial charge < -0.3 is 33.8 Å². The summed E-state index contributed by atoms with van der Waals surface area (Å²) in [5.74, 6) is -1.32. The van der Waals surface area contributed by atoms with Gasteiger partial charge in [-0.1, -0.05) is 356 Å². The summed E-state index contributed by atoms with van der Waals surface area (Å²) in [5.41, 5.74) is 0. The first-order valence-corrected chi connectivity index (χ1v) is 43.2. The first-order valence-electron chi connectivity index (χ1n) is 40.2. The Balaban J connectivity index is 5.12. The highest BCUT2D eigenvalue weighted by Crippen LogP contribution is 2.45. The van der Waals surface area contributed by atoms with Gasteiger partial charge in [0, 0.05) is 25.7 Å². The zero-order chi connectivity index (χ0) is 70.5. The third kappa shape index (κ3) is 69.2. The molecule has 0 aliphatic carbocycles. The van der Waals surface area contributed by atoms with Crippen molar-refractivity contribution in [2.75, 3.05) is 39.6 Å². The van der Waals surface area contributed by atoms with Crippen LogP contribution in [0.3, 0.4) is 0 Å². The quantitative estimate of drug-likeness (QED) is 0.0222. The first-order chi connectivity index (χ1) is 46.6. The Morgan fingerprint density at radius 3 is 0.740 bits per heavy atom. The standard InChI is InChI=1S/C77H150O17P2/c1-6-10-13-16-18-20-22-24-26-28-29-30-31-32-34-36-38-43-47-52-57-62-77(82)94-73(67-88-75(80)61-56-51-46-42-37-35-33-27-25-23-21-19-17-14-11-7-2)69-92-96(85,86)90-65-71(78)64-89-95(83,84)91-68-72(66-87-74(79)60-55-49-15-12-8-3)93-76(81)63-58-53-48-44-40-39-41-45-50-54-59-70(5)9-4/h70-73,78H,6-69H2,1-5H3,(H,83,84)(H,85,86)/t70?,71-,72+,73+/m0/s1. The van der Waals surface area contributed by atoms with Gasteiger partial charge in [0.05, 0.1) is 26.4 Å². The Kier molecular flexibility index (Phi) is 68.7. The number of phosphoric ester groups is 2. The van der Waals surface area contributed by atoms with Crippen LogP contribution in [-0.4, -0.2) is 96.7 Å². The number of carbonyl (C=O) groups excluding carboxylic acids is 4. The van der Waals surface area contributed by atoms with Crippen LogP contribution >= 0.6 is 15.6 Å². The third-order valence-corrected chi connectivity index (χ3v) is 20.3. The van der Waals surface area contributed by atoms with Crippen molar-refractivity contribution in [1.29, 1.82) is 0 Å². The van der Waals surface area contributed by atoms with E-state index in [1.807, 2.05) is 0 Å². The van der Waals surface area contributed by atoms with E-state index in [4.69, 9.17) is 37.0 Å². The van der Waals surface area contributed by atoms with Crippen LogP contribution in [0.2, 0.25) is 0 Å². The smallest absolute Gasteiger partial charge is 0.462 e. The molecule has 0 aliphatic rings. The lowest BCUT2D eigenvalue weighted by molar-refractivity contribution is -0.161. The number of ether oxygens (including phenoxy) is 4. The maximum absolute atomic E-state index is 13.1. The number of hydrogen-bond donors (Lipinski definition) is 3. The van der Waals surface area contributed by atoms with Crippen molar-refractivity contribution < 1.29 is 80.2 Å². The average Bonchev–Trinajstić information content (AvgIpc) is 1.16. The van der Waals surface area contributed by atoms with Gasteiger partial charge in [-0.2, -0.15) is 0 Å². The summed E-state index contributed by atoms with van der Waals surface area (Å²) in [5, 5.41) is 10.6. The zero-order valence-electron chi connectivity index (χ0n) is 62.5. The van der Waals surface area contributed by atoms with Gasteiger partial charge in [0.1, 0.15) is 19.3 Å². The number of hydrogen-bond acceptors (Lipinski definition) is 15. The van der Waals surface area contributed by atoms with E-state index in [0.29, 0.717) is 25.7 Å². The fraction of sp³-hybridized carbons (Fsp3) is 0.948. The van der Waals surface area contributed by atoms with E-state index in [1.165, 1.54) is 225 Å². The SMILES string of the molecule is CCCCCCCCCCCCCCCCCCCCCCCC(=O)O[C@H](COC(=O)CCCCCCCCCCCCCCCCCC)COP(=O)(O)OC[C@@H](O)COP(=O)(O)OC[C@@H](COC(=O)CCCCCCC)OC(=O)CCCCCCCCCCCCC(C)CC. The molecule has 0 amide bonds. The van der Waals surface area contributed by atoms with Crippen molar-refractivity contribution in [3.63, 3.8) is 0 Å². The number of aliphatic hydroxyl groups is 1. The molecule has 0 aromatic carbocycles. The lowest BCUT2D eigenvalue weighted by Gasteiger charge is -2.21. The van der Waals surface area contributed by atoms with Crippen LogP contribution in [0.4, 0.5) is 0 Å². The first kappa shape index (κ1) is 94.1. The molecule has 0 saturated heterocycles. The highest BCUT2D eigenvalue weighted by Gasteiger charge is 2.30. The predicted molar refractivity (Wildman–Crippen MR) is 391 cm³/mol. The average molecular weight is 1410 g/mol. The molecule has 0 bridgehead atoms. The monoisotopic (exact) mass is 1410 g/mol. The molecule has 96 heavy (non-hydrogen) atoms. The lowest BCUT2D eigenvalue weighted by atomic mass is 9.99. The van der Waals surface area contributed by atoms with Gasteiger partial charge in [-0.25, -0.2) is 9.13 Å². The van der Waals surface area contributed by atoms with Crippen LogP contribution in [0.1, 0.15) is 407 Å². The summed E-state index contributed by atoms with van der Waals surface area (Å²) >= 11 is 0. The van der Waals surface area contributed by atoms with Crippen LogP contribution in [-0.2, 0) is 65.4 Å². The lowest BCUT2D eigenvalue weighted by Crippen LogP contribution is -2.30. The van der Waals surface area contributed by atoms with Gasteiger partial charge in [-0.15, -0.1) is 0 Å². The number of rotatable bonds is 77.